The molecule has 1 N–H and O–H groups in total. The Morgan fingerprint density at radius 3 is 2.55 bits per heavy atom. The average molecular weight is 178 g/mol. The zero-order chi connectivity index (χ0) is 8.48. The number of nitrogens with one attached hydrogen (secondary N) is 1. The van der Waals surface area contributed by atoms with Crippen LogP contribution < -0.4 is 5.32 Å². The van der Waals surface area contributed by atoms with E-state index in [0.717, 1.165) is 6.54 Å². The van der Waals surface area contributed by atoms with Crippen LogP contribution >= 0.6 is 0 Å². The normalized spacial score (nSPS) is 28.7. The van der Waals surface area contributed by atoms with Gasteiger partial charge in [-0.05, 0) is 6.92 Å². The third-order valence-electron chi connectivity index (χ3n) is 1.80. The lowest BCUT2D eigenvalue weighted by Gasteiger charge is -2.29. The molecule has 0 unspecified atom stereocenters. The van der Waals surface area contributed by atoms with Crippen LogP contribution in [0.2, 0.25) is 0 Å². The van der Waals surface area contributed by atoms with E-state index >= 15 is 0 Å². The molecule has 1 fully saturated rings. The Morgan fingerprint density at radius 1 is 1.55 bits per heavy atom. The van der Waals surface area contributed by atoms with Crippen LogP contribution in [0.5, 0.6) is 0 Å². The summed E-state index contributed by atoms with van der Waals surface area (Å²) in [6.45, 7) is 3.94. The molecule has 0 spiro atoms. The summed E-state index contributed by atoms with van der Waals surface area (Å²) >= 11 is 0. The second-order valence-electron chi connectivity index (χ2n) is 2.98. The number of piperazine rings is 1. The number of hydrogen-bond donors (Lipinski definition) is 1. The minimum Gasteiger partial charge on any atom is -0.312 e. The first kappa shape index (κ1) is 8.96. The van der Waals surface area contributed by atoms with Crippen molar-refractivity contribution < 1.29 is 8.42 Å². The number of nitrogens with zero attached hydrogens (tertiary/aromatic N) is 1. The largest absolute Gasteiger partial charge is 0.312 e. The van der Waals surface area contributed by atoms with Gasteiger partial charge in [-0.25, -0.2) is 8.42 Å². The van der Waals surface area contributed by atoms with Crippen molar-refractivity contribution >= 4 is 10.0 Å². The predicted octanol–water partition coefficient (Wildman–Crippen LogP) is -0.760. The van der Waals surface area contributed by atoms with Gasteiger partial charge in [-0.3, -0.25) is 0 Å². The van der Waals surface area contributed by atoms with Crippen LogP contribution in [0.3, 0.4) is 0 Å². The van der Waals surface area contributed by atoms with Crippen molar-refractivity contribution in [1.82, 2.24) is 9.62 Å². The summed E-state index contributed by atoms with van der Waals surface area (Å²) < 4.78 is 23.6. The number of sulfonamides is 1. The lowest BCUT2D eigenvalue weighted by molar-refractivity contribution is 0.312. The molecule has 4 nitrogen and oxygen atoms in total. The molecule has 0 saturated carbocycles. The highest BCUT2D eigenvalue weighted by atomic mass is 32.2. The highest BCUT2D eigenvalue weighted by Crippen LogP contribution is 2.02. The molecule has 1 rings (SSSR count). The lowest BCUT2D eigenvalue weighted by atomic mass is 10.3. The predicted molar refractivity (Wildman–Crippen MR) is 43.9 cm³/mol. The minimum absolute atomic E-state index is 0.276. The van der Waals surface area contributed by atoms with Gasteiger partial charge in [0.1, 0.15) is 0 Å². The van der Waals surface area contributed by atoms with Crippen molar-refractivity contribution in [1.29, 1.82) is 0 Å². The molecular weight excluding hydrogens is 164 g/mol. The van der Waals surface area contributed by atoms with Gasteiger partial charge in [0.25, 0.3) is 0 Å². The Bertz CT molecular complexity index is 225. The number of rotatable bonds is 1. The van der Waals surface area contributed by atoms with Crippen molar-refractivity contribution in [3.05, 3.63) is 0 Å². The highest BCUT2D eigenvalue weighted by molar-refractivity contribution is 7.88. The van der Waals surface area contributed by atoms with Crippen LogP contribution in [0.15, 0.2) is 0 Å². The molecule has 1 atom stereocenters. The third kappa shape index (κ3) is 2.43. The van der Waals surface area contributed by atoms with E-state index in [0.29, 0.717) is 13.1 Å². The van der Waals surface area contributed by atoms with Gasteiger partial charge in [-0.1, -0.05) is 0 Å². The quantitative estimate of drug-likeness (QED) is 0.574. The average Bonchev–Trinajstić information content (AvgIpc) is 1.86. The van der Waals surface area contributed by atoms with E-state index in [9.17, 15) is 8.42 Å². The van der Waals surface area contributed by atoms with Crippen molar-refractivity contribution in [2.45, 2.75) is 13.0 Å². The minimum atomic E-state index is -2.97. The summed E-state index contributed by atoms with van der Waals surface area (Å²) in [4.78, 5) is 0. The summed E-state index contributed by atoms with van der Waals surface area (Å²) in [5.74, 6) is 0. The van der Waals surface area contributed by atoms with E-state index in [1.807, 2.05) is 6.92 Å². The van der Waals surface area contributed by atoms with E-state index < -0.39 is 10.0 Å². The maximum atomic E-state index is 11.0. The molecule has 1 saturated heterocycles. The van der Waals surface area contributed by atoms with Gasteiger partial charge in [-0.15, -0.1) is 0 Å². The fraction of sp³-hybridized carbons (Fsp3) is 1.00. The first-order chi connectivity index (χ1) is 5.00. The van der Waals surface area contributed by atoms with Crippen molar-refractivity contribution in [2.24, 2.45) is 0 Å². The first-order valence-corrected chi connectivity index (χ1v) is 5.53. The lowest BCUT2D eigenvalue weighted by Crippen LogP contribution is -2.50. The Kier molecular flexibility index (Phi) is 2.51. The van der Waals surface area contributed by atoms with Crippen molar-refractivity contribution in [2.75, 3.05) is 25.9 Å². The summed E-state index contributed by atoms with van der Waals surface area (Å²) in [7, 11) is -2.97. The van der Waals surface area contributed by atoms with Crippen molar-refractivity contribution in [3.63, 3.8) is 0 Å². The Morgan fingerprint density at radius 2 is 2.18 bits per heavy atom. The molecule has 0 radical (unpaired) electrons. The maximum Gasteiger partial charge on any atom is 0.211 e. The summed E-state index contributed by atoms with van der Waals surface area (Å²) in [6.07, 6.45) is 1.26. The maximum absolute atomic E-state index is 11.0. The van der Waals surface area contributed by atoms with E-state index in [2.05, 4.69) is 5.32 Å². The van der Waals surface area contributed by atoms with E-state index in [-0.39, 0.29) is 6.04 Å². The molecule has 0 bridgehead atoms. The molecule has 1 aliphatic rings. The SMILES string of the molecule is C[C@H]1CN(S(C)(=O)=O)CCN1. The number of hydrogen-bond acceptors (Lipinski definition) is 3. The molecule has 5 heteroatoms. The van der Waals surface area contributed by atoms with Crippen molar-refractivity contribution in [3.8, 4) is 0 Å². The smallest absolute Gasteiger partial charge is 0.211 e. The topological polar surface area (TPSA) is 49.4 Å². The highest BCUT2D eigenvalue weighted by Gasteiger charge is 2.22. The van der Waals surface area contributed by atoms with Crippen LogP contribution in [0.4, 0.5) is 0 Å². The van der Waals surface area contributed by atoms with Crippen LogP contribution in [0, 0.1) is 0 Å². The summed E-state index contributed by atoms with van der Waals surface area (Å²) in [6, 6.07) is 0.276. The van der Waals surface area contributed by atoms with E-state index in [4.69, 9.17) is 0 Å². The van der Waals surface area contributed by atoms with Gasteiger partial charge in [0.05, 0.1) is 6.26 Å². The van der Waals surface area contributed by atoms with Gasteiger partial charge in [0.2, 0.25) is 10.0 Å². The van der Waals surface area contributed by atoms with Crippen LogP contribution in [-0.2, 0) is 10.0 Å². The second-order valence-corrected chi connectivity index (χ2v) is 4.96. The zero-order valence-electron chi connectivity index (χ0n) is 6.87. The Balaban J connectivity index is 2.60. The standard InChI is InChI=1S/C6H14N2O2S/c1-6-5-8(4-3-7-6)11(2,9)10/h6-7H,3-5H2,1-2H3/t6-/m0/s1. The molecular formula is C6H14N2O2S. The van der Waals surface area contributed by atoms with E-state index in [1.165, 1.54) is 10.6 Å². The summed E-state index contributed by atoms with van der Waals surface area (Å²) in [5.41, 5.74) is 0. The van der Waals surface area contributed by atoms with Gasteiger partial charge >= 0.3 is 0 Å². The molecule has 0 aromatic rings. The molecule has 66 valence electrons. The van der Waals surface area contributed by atoms with E-state index in [1.54, 1.807) is 0 Å². The summed E-state index contributed by atoms with van der Waals surface area (Å²) in [5, 5.41) is 3.18. The molecule has 0 amide bonds. The van der Waals surface area contributed by atoms with Gasteiger partial charge in [-0.2, -0.15) is 4.31 Å². The molecule has 0 aromatic carbocycles. The third-order valence-corrected chi connectivity index (χ3v) is 3.07. The first-order valence-electron chi connectivity index (χ1n) is 3.68. The van der Waals surface area contributed by atoms with Crippen LogP contribution in [-0.4, -0.2) is 44.7 Å². The second kappa shape index (κ2) is 3.08. The fourth-order valence-electron chi connectivity index (χ4n) is 1.20. The molecule has 0 aromatic heterocycles. The van der Waals surface area contributed by atoms with Crippen LogP contribution in [0.25, 0.3) is 0 Å². The molecule has 11 heavy (non-hydrogen) atoms. The zero-order valence-corrected chi connectivity index (χ0v) is 7.69. The van der Waals surface area contributed by atoms with Gasteiger partial charge < -0.3 is 5.32 Å². The van der Waals surface area contributed by atoms with Gasteiger partial charge in [0.15, 0.2) is 0 Å². The monoisotopic (exact) mass is 178 g/mol. The Labute approximate surface area is 67.6 Å². The fourth-order valence-corrected chi connectivity index (χ4v) is 2.12. The molecule has 1 heterocycles. The Hall–Kier alpha value is -0.130. The molecule has 0 aliphatic carbocycles. The van der Waals surface area contributed by atoms with Gasteiger partial charge in [0, 0.05) is 25.7 Å². The molecule has 1 aliphatic heterocycles. The van der Waals surface area contributed by atoms with Crippen LogP contribution in [0.1, 0.15) is 6.92 Å².